The van der Waals surface area contributed by atoms with E-state index in [0.717, 1.165) is 48.4 Å². The lowest BCUT2D eigenvalue weighted by atomic mass is 10.1. The van der Waals surface area contributed by atoms with E-state index in [1.807, 2.05) is 60.7 Å². The molecule has 6 nitrogen and oxygen atoms in total. The van der Waals surface area contributed by atoms with E-state index in [9.17, 15) is 9.59 Å². The Morgan fingerprint density at radius 3 is 2.77 bits per heavy atom. The molecule has 0 aliphatic carbocycles. The molecule has 1 fully saturated rings. The van der Waals surface area contributed by atoms with E-state index in [1.54, 1.807) is 6.08 Å². The van der Waals surface area contributed by atoms with Crippen LogP contribution in [0, 0.1) is 0 Å². The zero-order valence-corrected chi connectivity index (χ0v) is 17.1. The molecule has 2 N–H and O–H groups in total. The number of carbonyl (C=O) groups excluding carboxylic acids is 2. The molecule has 0 spiro atoms. The number of para-hydroxylation sites is 1. The first kappa shape index (κ1) is 19.3. The van der Waals surface area contributed by atoms with Gasteiger partial charge in [-0.1, -0.05) is 30.3 Å². The fraction of sp³-hybridized carbons (Fsp3) is 0.200. The summed E-state index contributed by atoms with van der Waals surface area (Å²) >= 11 is 0. The second-order valence-corrected chi connectivity index (χ2v) is 7.87. The standard InChI is InChI=1S/C25H23N3O3/c29-24(16-28-12-3-4-13-28)26-18-7-5-6-17(14-18)23-11-10-19(31-23)15-21-20-8-1-2-9-22(20)27-25(21)30/h1-2,5-11,14-15H,3-4,12-13,16H2,(H,26,29)(H,27,30)/b21-15+. The van der Waals surface area contributed by atoms with E-state index >= 15 is 0 Å². The van der Waals surface area contributed by atoms with Crippen LogP contribution in [-0.4, -0.2) is 36.3 Å². The summed E-state index contributed by atoms with van der Waals surface area (Å²) in [5.41, 5.74) is 3.86. The Morgan fingerprint density at radius 2 is 1.90 bits per heavy atom. The van der Waals surface area contributed by atoms with Gasteiger partial charge >= 0.3 is 0 Å². The summed E-state index contributed by atoms with van der Waals surface area (Å²) in [7, 11) is 0. The van der Waals surface area contributed by atoms with Crippen molar-refractivity contribution in [3.63, 3.8) is 0 Å². The average Bonchev–Trinajstić information content (AvgIpc) is 3.50. The number of furan rings is 1. The third-order valence-electron chi connectivity index (χ3n) is 5.62. The molecule has 156 valence electrons. The zero-order valence-electron chi connectivity index (χ0n) is 17.1. The van der Waals surface area contributed by atoms with Gasteiger partial charge in [-0.15, -0.1) is 0 Å². The highest BCUT2D eigenvalue weighted by molar-refractivity contribution is 6.34. The molecule has 0 bridgehead atoms. The van der Waals surface area contributed by atoms with Crippen molar-refractivity contribution < 1.29 is 14.0 Å². The molecule has 0 unspecified atom stereocenters. The number of amides is 2. The maximum absolute atomic E-state index is 12.3. The molecular formula is C25H23N3O3. The Kier molecular flexibility index (Phi) is 5.14. The van der Waals surface area contributed by atoms with Gasteiger partial charge in [-0.05, 0) is 62.3 Å². The minimum Gasteiger partial charge on any atom is -0.457 e. The van der Waals surface area contributed by atoms with E-state index in [1.165, 1.54) is 0 Å². The average molecular weight is 413 g/mol. The van der Waals surface area contributed by atoms with E-state index in [2.05, 4.69) is 15.5 Å². The number of nitrogens with zero attached hydrogens (tertiary/aromatic N) is 1. The topological polar surface area (TPSA) is 74.6 Å². The van der Waals surface area contributed by atoms with Gasteiger partial charge in [-0.3, -0.25) is 14.5 Å². The van der Waals surface area contributed by atoms with E-state index in [4.69, 9.17) is 4.42 Å². The third-order valence-corrected chi connectivity index (χ3v) is 5.62. The number of carbonyl (C=O) groups is 2. The smallest absolute Gasteiger partial charge is 0.256 e. The predicted octanol–water partition coefficient (Wildman–Crippen LogP) is 4.47. The number of hydrogen-bond acceptors (Lipinski definition) is 4. The third kappa shape index (κ3) is 4.15. The molecular weight excluding hydrogens is 390 g/mol. The van der Waals surface area contributed by atoms with Gasteiger partial charge in [0.1, 0.15) is 11.5 Å². The predicted molar refractivity (Wildman–Crippen MR) is 121 cm³/mol. The van der Waals surface area contributed by atoms with Gasteiger partial charge in [0.25, 0.3) is 5.91 Å². The highest BCUT2D eigenvalue weighted by atomic mass is 16.3. The van der Waals surface area contributed by atoms with Crippen LogP contribution in [0.15, 0.2) is 65.1 Å². The lowest BCUT2D eigenvalue weighted by molar-refractivity contribution is -0.117. The molecule has 0 saturated carbocycles. The summed E-state index contributed by atoms with van der Waals surface area (Å²) in [6.07, 6.45) is 4.08. The maximum atomic E-state index is 12.3. The number of nitrogens with one attached hydrogen (secondary N) is 2. The van der Waals surface area contributed by atoms with Gasteiger partial charge in [0, 0.05) is 22.5 Å². The first-order chi connectivity index (χ1) is 15.2. The number of benzene rings is 2. The molecule has 2 aliphatic rings. The highest BCUT2D eigenvalue weighted by Gasteiger charge is 2.23. The fourth-order valence-corrected chi connectivity index (χ4v) is 4.10. The van der Waals surface area contributed by atoms with Crippen molar-refractivity contribution in [3.05, 3.63) is 72.0 Å². The second-order valence-electron chi connectivity index (χ2n) is 7.87. The molecule has 2 amide bonds. The molecule has 1 aromatic heterocycles. The van der Waals surface area contributed by atoms with E-state index < -0.39 is 0 Å². The number of anilines is 2. The summed E-state index contributed by atoms with van der Waals surface area (Å²) in [4.78, 5) is 26.8. The van der Waals surface area contributed by atoms with Crippen LogP contribution >= 0.6 is 0 Å². The van der Waals surface area contributed by atoms with Crippen LogP contribution in [0.25, 0.3) is 23.0 Å². The van der Waals surface area contributed by atoms with Crippen molar-refractivity contribution in [2.24, 2.45) is 0 Å². The number of rotatable bonds is 5. The van der Waals surface area contributed by atoms with E-state index in [-0.39, 0.29) is 11.8 Å². The molecule has 2 aromatic carbocycles. The Labute approximate surface area is 180 Å². The summed E-state index contributed by atoms with van der Waals surface area (Å²) < 4.78 is 5.99. The molecule has 3 heterocycles. The summed E-state index contributed by atoms with van der Waals surface area (Å²) in [6.45, 7) is 2.40. The van der Waals surface area contributed by atoms with Gasteiger partial charge in [0.15, 0.2) is 0 Å². The van der Waals surface area contributed by atoms with Crippen molar-refractivity contribution >= 4 is 34.8 Å². The Balaban J connectivity index is 1.33. The van der Waals surface area contributed by atoms with Crippen LogP contribution in [-0.2, 0) is 9.59 Å². The van der Waals surface area contributed by atoms with Crippen LogP contribution in [0.1, 0.15) is 24.2 Å². The highest BCUT2D eigenvalue weighted by Crippen LogP contribution is 2.34. The Hall–Kier alpha value is -3.64. The van der Waals surface area contributed by atoms with Gasteiger partial charge < -0.3 is 15.1 Å². The monoisotopic (exact) mass is 413 g/mol. The molecule has 3 aromatic rings. The Bertz CT molecular complexity index is 1170. The van der Waals surface area contributed by atoms with Gasteiger partial charge in [-0.2, -0.15) is 0 Å². The molecule has 6 heteroatoms. The SMILES string of the molecule is O=C(CN1CCCC1)Nc1cccc(-c2ccc(/C=C3/C(=O)Nc4ccccc43)o2)c1. The Morgan fingerprint density at radius 1 is 1.06 bits per heavy atom. The minimum absolute atomic E-state index is 0.00479. The summed E-state index contributed by atoms with van der Waals surface area (Å²) in [6, 6.07) is 18.9. The molecule has 1 saturated heterocycles. The maximum Gasteiger partial charge on any atom is 0.256 e. The lowest BCUT2D eigenvalue weighted by Crippen LogP contribution is -2.30. The second kappa shape index (κ2) is 8.24. The van der Waals surface area contributed by atoms with Crippen molar-refractivity contribution in [1.82, 2.24) is 4.90 Å². The van der Waals surface area contributed by atoms with Gasteiger partial charge in [0.2, 0.25) is 5.91 Å². The van der Waals surface area contributed by atoms with Gasteiger partial charge in [-0.25, -0.2) is 0 Å². The molecule has 2 aliphatic heterocycles. The largest absolute Gasteiger partial charge is 0.457 e. The number of fused-ring (bicyclic) bond motifs is 1. The molecule has 5 rings (SSSR count). The van der Waals surface area contributed by atoms with Crippen LogP contribution in [0.3, 0.4) is 0 Å². The van der Waals surface area contributed by atoms with Crippen LogP contribution in [0.5, 0.6) is 0 Å². The van der Waals surface area contributed by atoms with Crippen molar-refractivity contribution in [1.29, 1.82) is 0 Å². The quantitative estimate of drug-likeness (QED) is 0.605. The molecule has 0 radical (unpaired) electrons. The number of likely N-dealkylation sites (tertiary alicyclic amines) is 1. The summed E-state index contributed by atoms with van der Waals surface area (Å²) in [5.74, 6) is 1.13. The van der Waals surface area contributed by atoms with Crippen LogP contribution in [0.4, 0.5) is 11.4 Å². The van der Waals surface area contributed by atoms with Gasteiger partial charge in [0.05, 0.1) is 12.1 Å². The van der Waals surface area contributed by atoms with E-state index in [0.29, 0.717) is 23.6 Å². The first-order valence-electron chi connectivity index (χ1n) is 10.5. The van der Waals surface area contributed by atoms with Crippen LogP contribution in [0.2, 0.25) is 0 Å². The minimum atomic E-state index is -0.137. The molecule has 31 heavy (non-hydrogen) atoms. The van der Waals surface area contributed by atoms with Crippen molar-refractivity contribution in [2.75, 3.05) is 30.3 Å². The summed E-state index contributed by atoms with van der Waals surface area (Å²) in [5, 5.41) is 5.84. The fourth-order valence-electron chi connectivity index (χ4n) is 4.10. The van der Waals surface area contributed by atoms with Crippen molar-refractivity contribution in [3.8, 4) is 11.3 Å². The zero-order chi connectivity index (χ0) is 21.2. The van der Waals surface area contributed by atoms with Crippen LogP contribution < -0.4 is 10.6 Å². The van der Waals surface area contributed by atoms with Crippen molar-refractivity contribution in [2.45, 2.75) is 12.8 Å². The molecule has 0 atom stereocenters. The first-order valence-corrected chi connectivity index (χ1v) is 10.5. The number of hydrogen-bond donors (Lipinski definition) is 2. The normalized spacial score (nSPS) is 17.0. The lowest BCUT2D eigenvalue weighted by Gasteiger charge is -2.14.